The molecule has 0 spiro atoms. The molecule has 8 nitrogen and oxygen atoms in total. The molecule has 9 heteroatoms. The first-order valence-corrected chi connectivity index (χ1v) is 16.2. The van der Waals surface area contributed by atoms with Crippen molar-refractivity contribution in [2.45, 2.75) is 81.1 Å². The van der Waals surface area contributed by atoms with Crippen molar-refractivity contribution < 1.29 is 46.8 Å². The third kappa shape index (κ3) is 15.1. The van der Waals surface area contributed by atoms with Crippen molar-refractivity contribution in [3.63, 3.8) is 0 Å². The van der Waals surface area contributed by atoms with E-state index >= 15 is 0 Å². The molecular weight excluding hydrogens is 663 g/mol. The van der Waals surface area contributed by atoms with E-state index in [4.69, 9.17) is 29.8 Å². The van der Waals surface area contributed by atoms with Gasteiger partial charge in [-0.2, -0.15) is 0 Å². The molecular formula is C40H48CoN2O6. The van der Waals surface area contributed by atoms with Crippen molar-refractivity contribution in [3.8, 4) is 11.5 Å². The molecule has 4 rings (SSSR count). The predicted molar refractivity (Wildman–Crippen MR) is 192 cm³/mol. The Kier molecular flexibility index (Phi) is 18.1. The number of nitrogens with zero attached hydrogens (tertiary/aromatic N) is 2. The molecule has 49 heavy (non-hydrogen) atoms. The molecule has 1 radical (unpaired) electrons. The Bertz CT molecular complexity index is 1630. The molecule has 2 N–H and O–H groups in total. The van der Waals surface area contributed by atoms with Crippen LogP contribution in [0.5, 0.6) is 11.5 Å². The summed E-state index contributed by atoms with van der Waals surface area (Å²) < 4.78 is 0. The Morgan fingerprint density at radius 2 is 1.00 bits per heavy atom. The second-order valence-electron chi connectivity index (χ2n) is 12.8. The van der Waals surface area contributed by atoms with Crippen LogP contribution < -0.4 is 10.2 Å². The van der Waals surface area contributed by atoms with Gasteiger partial charge >= 0.3 is 16.8 Å². The molecule has 0 saturated heterocycles. The monoisotopic (exact) mass is 711 g/mol. The second-order valence-corrected chi connectivity index (χ2v) is 12.8. The molecule has 0 atom stereocenters. The number of phenols is 2. The van der Waals surface area contributed by atoms with Crippen LogP contribution in [0.25, 0.3) is 10.8 Å². The predicted octanol–water partition coefficient (Wildman–Crippen LogP) is 7.06. The van der Waals surface area contributed by atoms with Crippen molar-refractivity contribution in [1.29, 1.82) is 0 Å². The van der Waals surface area contributed by atoms with Gasteiger partial charge < -0.3 is 30.0 Å². The number of phenolic OH excluding ortho intramolecular Hbond substituents is 2. The average molecular weight is 712 g/mol. The Morgan fingerprint density at radius 3 is 1.31 bits per heavy atom. The van der Waals surface area contributed by atoms with E-state index in [2.05, 4.69) is 52.0 Å². The van der Waals surface area contributed by atoms with Gasteiger partial charge in [-0.05, 0) is 123 Å². The topological polar surface area (TPSA) is 145 Å². The largest absolute Gasteiger partial charge is 2.00 e. The van der Waals surface area contributed by atoms with Crippen molar-refractivity contribution in [1.82, 2.24) is 0 Å². The van der Waals surface area contributed by atoms with E-state index in [-0.39, 0.29) is 28.3 Å². The zero-order valence-electron chi connectivity index (χ0n) is 29.7. The SMILES string of the molecule is CC(=O)[O-].CC(=O)[O-].Cc1cc(CCC(C)C)cc(C=Nc2cc3ccccc3cc2N=Cc2cc(CCC(C)C)cc(C)c2O)c1O.[Co+2]. The van der Waals surface area contributed by atoms with Crippen molar-refractivity contribution in [2.24, 2.45) is 21.8 Å². The third-order valence-corrected chi connectivity index (χ3v) is 7.33. The van der Waals surface area contributed by atoms with Gasteiger partial charge in [0.15, 0.2) is 0 Å². The number of hydrogen-bond acceptors (Lipinski definition) is 8. The number of rotatable bonds is 10. The molecule has 0 heterocycles. The van der Waals surface area contributed by atoms with Crippen molar-refractivity contribution in [2.75, 3.05) is 0 Å². The molecule has 0 unspecified atom stereocenters. The summed E-state index contributed by atoms with van der Waals surface area (Å²) in [5.41, 5.74) is 6.90. The molecule has 4 aromatic carbocycles. The summed E-state index contributed by atoms with van der Waals surface area (Å²) in [6.07, 6.45) is 7.58. The van der Waals surface area contributed by atoms with Crippen LogP contribution in [-0.4, -0.2) is 34.6 Å². The maximum absolute atomic E-state index is 10.8. The van der Waals surface area contributed by atoms with Crippen LogP contribution in [0.1, 0.15) is 87.8 Å². The standard InChI is InChI=1S/C36H42N2O2.2C2H4O2.Co/c1-23(2)11-13-27-15-25(5)35(39)31(17-27)21-37-33-19-29-9-7-8-10-30(29)20-34(33)38-22-32-18-28(14-12-24(3)4)16-26(6)36(32)40;2*1-2(3)4;/h7-10,15-24,39-40H,11-14H2,1-6H3;2*1H3,(H,3,4);/q;;;+2/p-2. The minimum absolute atomic E-state index is 0. The van der Waals surface area contributed by atoms with Gasteiger partial charge in [0, 0.05) is 35.5 Å². The first-order valence-electron chi connectivity index (χ1n) is 16.2. The Morgan fingerprint density at radius 1 is 0.673 bits per heavy atom. The van der Waals surface area contributed by atoms with Crippen LogP contribution in [-0.2, 0) is 39.2 Å². The fraction of sp³-hybridized carbons (Fsp3) is 0.350. The Balaban J connectivity index is 0.00000120. The fourth-order valence-corrected chi connectivity index (χ4v) is 4.87. The van der Waals surface area contributed by atoms with Crippen molar-refractivity contribution in [3.05, 3.63) is 94.0 Å². The van der Waals surface area contributed by atoms with Crippen molar-refractivity contribution >= 4 is 46.5 Å². The summed E-state index contributed by atoms with van der Waals surface area (Å²) in [5, 5.41) is 41.5. The number of aryl methyl sites for hydroxylation is 4. The first kappa shape index (κ1) is 42.5. The molecule has 0 aliphatic heterocycles. The number of aromatic hydroxyl groups is 2. The number of aliphatic carboxylic acids is 2. The van der Waals surface area contributed by atoms with Crippen LogP contribution >= 0.6 is 0 Å². The summed E-state index contributed by atoms with van der Waals surface area (Å²) in [6.45, 7) is 14.7. The van der Waals surface area contributed by atoms with Gasteiger partial charge in [0.1, 0.15) is 11.5 Å². The molecule has 0 aromatic heterocycles. The third-order valence-electron chi connectivity index (χ3n) is 7.33. The molecule has 4 aromatic rings. The number of fused-ring (bicyclic) bond motifs is 1. The minimum Gasteiger partial charge on any atom is -0.550 e. The molecule has 0 amide bonds. The number of carbonyl (C=O) groups is 2. The van der Waals surface area contributed by atoms with Crippen LogP contribution in [0.2, 0.25) is 0 Å². The number of benzene rings is 4. The zero-order chi connectivity index (χ0) is 36.0. The molecule has 0 fully saturated rings. The summed E-state index contributed by atoms with van der Waals surface area (Å²) in [4.78, 5) is 27.4. The number of carboxylic acids is 2. The van der Waals surface area contributed by atoms with Gasteiger partial charge in [0.05, 0.1) is 11.4 Å². The van der Waals surface area contributed by atoms with Crippen LogP contribution in [0.15, 0.2) is 70.6 Å². The van der Waals surface area contributed by atoms with E-state index in [1.54, 1.807) is 12.4 Å². The Hall–Kier alpha value is -4.47. The van der Waals surface area contributed by atoms with E-state index in [1.165, 1.54) is 11.1 Å². The number of carbonyl (C=O) groups excluding carboxylic acids is 2. The van der Waals surface area contributed by atoms with E-state index in [1.807, 2.05) is 50.2 Å². The molecule has 263 valence electrons. The summed E-state index contributed by atoms with van der Waals surface area (Å²) >= 11 is 0. The first-order chi connectivity index (χ1) is 22.6. The molecule has 0 aliphatic carbocycles. The molecule has 0 aliphatic rings. The van der Waals surface area contributed by atoms with Crippen LogP contribution in [0, 0.1) is 25.7 Å². The second kappa shape index (κ2) is 20.8. The number of carboxylic acid groups (broad SMARTS) is 2. The summed E-state index contributed by atoms with van der Waals surface area (Å²) in [5.74, 6) is -0.435. The van der Waals surface area contributed by atoms with Crippen LogP contribution in [0.4, 0.5) is 11.4 Å². The number of hydrogen-bond donors (Lipinski definition) is 2. The maximum Gasteiger partial charge on any atom is 2.00 e. The van der Waals surface area contributed by atoms with Gasteiger partial charge in [0.2, 0.25) is 0 Å². The van der Waals surface area contributed by atoms with E-state index in [9.17, 15) is 10.2 Å². The van der Waals surface area contributed by atoms with Gasteiger partial charge in [-0.25, -0.2) is 0 Å². The minimum atomic E-state index is -1.08. The number of aliphatic imine (C=N–C) groups is 2. The quantitative estimate of drug-likeness (QED) is 0.169. The van der Waals surface area contributed by atoms with Gasteiger partial charge in [-0.3, -0.25) is 9.98 Å². The molecule has 0 bridgehead atoms. The average Bonchev–Trinajstić information content (AvgIpc) is 2.99. The van der Waals surface area contributed by atoms with E-state index in [0.29, 0.717) is 34.3 Å². The smallest absolute Gasteiger partial charge is 0.550 e. The molecule has 0 saturated carbocycles. The zero-order valence-corrected chi connectivity index (χ0v) is 30.7. The fourth-order valence-electron chi connectivity index (χ4n) is 4.87. The van der Waals surface area contributed by atoms with Gasteiger partial charge in [-0.1, -0.05) is 64.1 Å². The summed E-state index contributed by atoms with van der Waals surface area (Å²) in [7, 11) is 0. The maximum atomic E-state index is 10.8. The normalized spacial score (nSPS) is 10.9. The van der Waals surface area contributed by atoms with Gasteiger partial charge in [-0.15, -0.1) is 0 Å². The van der Waals surface area contributed by atoms with Gasteiger partial charge in [0.25, 0.3) is 0 Å². The van der Waals surface area contributed by atoms with E-state index < -0.39 is 11.9 Å². The van der Waals surface area contributed by atoms with E-state index in [0.717, 1.165) is 61.4 Å². The summed E-state index contributed by atoms with van der Waals surface area (Å²) in [6, 6.07) is 20.4. The van der Waals surface area contributed by atoms with Crippen LogP contribution in [0.3, 0.4) is 0 Å². The Labute approximate surface area is 300 Å².